The van der Waals surface area contributed by atoms with Gasteiger partial charge in [-0.3, -0.25) is 4.79 Å². The third kappa shape index (κ3) is 4.85. The van der Waals surface area contributed by atoms with Gasteiger partial charge in [0.05, 0.1) is 33.6 Å². The SMILES string of the molecule is CC(C)n1ncc2c(C(=O)OCC(=O)Nc3ccc(F)cc3Cl)cc(-c3ccccc3)nc21. The third-order valence-corrected chi connectivity index (χ3v) is 5.20. The number of anilines is 1. The molecule has 0 saturated carbocycles. The maximum Gasteiger partial charge on any atom is 0.339 e. The topological polar surface area (TPSA) is 86.1 Å². The van der Waals surface area contributed by atoms with Crippen LogP contribution >= 0.6 is 11.6 Å². The monoisotopic (exact) mass is 466 g/mol. The lowest BCUT2D eigenvalue weighted by Gasteiger charge is -2.11. The summed E-state index contributed by atoms with van der Waals surface area (Å²) in [6, 6.07) is 14.6. The van der Waals surface area contributed by atoms with Crippen molar-refractivity contribution in [2.45, 2.75) is 19.9 Å². The van der Waals surface area contributed by atoms with Crippen LogP contribution in [0.3, 0.4) is 0 Å². The summed E-state index contributed by atoms with van der Waals surface area (Å²) in [7, 11) is 0. The second kappa shape index (κ2) is 9.38. The fraction of sp³-hybridized carbons (Fsp3) is 0.167. The van der Waals surface area contributed by atoms with Crippen molar-refractivity contribution in [2.75, 3.05) is 11.9 Å². The van der Waals surface area contributed by atoms with Gasteiger partial charge in [0, 0.05) is 11.6 Å². The van der Waals surface area contributed by atoms with Crippen molar-refractivity contribution in [3.8, 4) is 11.3 Å². The number of pyridine rings is 1. The van der Waals surface area contributed by atoms with E-state index in [1.54, 1.807) is 16.9 Å². The highest BCUT2D eigenvalue weighted by molar-refractivity contribution is 6.33. The molecule has 1 N–H and O–H groups in total. The first-order chi connectivity index (χ1) is 15.8. The molecule has 0 radical (unpaired) electrons. The zero-order valence-corrected chi connectivity index (χ0v) is 18.6. The molecular formula is C24H20ClFN4O3. The molecule has 0 fully saturated rings. The molecule has 0 aliphatic carbocycles. The Balaban J connectivity index is 1.60. The zero-order chi connectivity index (χ0) is 23.5. The number of esters is 1. The number of nitrogens with zero attached hydrogens (tertiary/aromatic N) is 3. The van der Waals surface area contributed by atoms with Crippen molar-refractivity contribution in [1.82, 2.24) is 14.8 Å². The molecule has 9 heteroatoms. The van der Waals surface area contributed by atoms with Crippen LogP contribution in [0.15, 0.2) is 60.8 Å². The molecule has 7 nitrogen and oxygen atoms in total. The normalized spacial score (nSPS) is 11.1. The zero-order valence-electron chi connectivity index (χ0n) is 17.9. The number of amides is 1. The minimum atomic E-state index is -0.691. The number of carbonyl (C=O) groups is 2. The smallest absolute Gasteiger partial charge is 0.339 e. The molecule has 1 amide bonds. The van der Waals surface area contributed by atoms with Crippen LogP contribution in [0.4, 0.5) is 10.1 Å². The Kier molecular flexibility index (Phi) is 6.37. The van der Waals surface area contributed by atoms with Crippen molar-refractivity contribution >= 4 is 40.2 Å². The van der Waals surface area contributed by atoms with Crippen LogP contribution in [0.2, 0.25) is 5.02 Å². The largest absolute Gasteiger partial charge is 0.452 e. The minimum Gasteiger partial charge on any atom is -0.452 e. The van der Waals surface area contributed by atoms with Crippen LogP contribution in [0.5, 0.6) is 0 Å². The van der Waals surface area contributed by atoms with E-state index in [1.165, 1.54) is 12.1 Å². The van der Waals surface area contributed by atoms with Gasteiger partial charge in [0.25, 0.3) is 5.91 Å². The lowest BCUT2D eigenvalue weighted by molar-refractivity contribution is -0.119. The summed E-state index contributed by atoms with van der Waals surface area (Å²) in [5.41, 5.74) is 2.42. The molecule has 0 atom stereocenters. The predicted octanol–water partition coefficient (Wildman–Crippen LogP) is 5.27. The molecule has 0 aliphatic rings. The second-order valence-electron chi connectivity index (χ2n) is 7.59. The fourth-order valence-corrected chi connectivity index (χ4v) is 3.52. The van der Waals surface area contributed by atoms with E-state index in [4.69, 9.17) is 21.3 Å². The Morgan fingerprint density at radius 1 is 1.15 bits per heavy atom. The highest BCUT2D eigenvalue weighted by atomic mass is 35.5. The van der Waals surface area contributed by atoms with E-state index in [2.05, 4.69) is 10.4 Å². The summed E-state index contributed by atoms with van der Waals surface area (Å²) < 4.78 is 20.2. The number of halogens is 2. The molecule has 0 aliphatic heterocycles. The summed E-state index contributed by atoms with van der Waals surface area (Å²) in [5, 5.41) is 7.42. The van der Waals surface area contributed by atoms with E-state index in [-0.39, 0.29) is 22.3 Å². The van der Waals surface area contributed by atoms with E-state index < -0.39 is 24.3 Å². The Morgan fingerprint density at radius 3 is 2.61 bits per heavy atom. The van der Waals surface area contributed by atoms with Gasteiger partial charge in [-0.2, -0.15) is 5.10 Å². The first-order valence-electron chi connectivity index (χ1n) is 10.2. The van der Waals surface area contributed by atoms with E-state index in [0.717, 1.165) is 11.6 Å². The number of carbonyl (C=O) groups excluding carboxylic acids is 2. The van der Waals surface area contributed by atoms with Crippen molar-refractivity contribution in [3.05, 3.63) is 77.2 Å². The van der Waals surface area contributed by atoms with Gasteiger partial charge < -0.3 is 10.1 Å². The van der Waals surface area contributed by atoms with Crippen LogP contribution in [-0.2, 0) is 9.53 Å². The second-order valence-corrected chi connectivity index (χ2v) is 8.00. The standard InChI is InChI=1S/C24H20ClFN4O3/c1-14(2)30-23-18(12-27-30)17(11-21(29-23)15-6-4-3-5-7-15)24(32)33-13-22(31)28-20-9-8-16(26)10-19(20)25/h3-12,14H,13H2,1-2H3,(H,28,31). The number of rotatable bonds is 6. The number of benzene rings is 2. The molecule has 168 valence electrons. The minimum absolute atomic E-state index is 0.0242. The molecule has 2 aromatic carbocycles. The molecular weight excluding hydrogens is 447 g/mol. The molecule has 0 bridgehead atoms. The van der Waals surface area contributed by atoms with Gasteiger partial charge in [0.15, 0.2) is 12.3 Å². The molecule has 4 rings (SSSR count). The number of nitrogens with one attached hydrogen (secondary N) is 1. The summed E-state index contributed by atoms with van der Waals surface area (Å²) in [5.74, 6) is -1.83. The number of hydrogen-bond acceptors (Lipinski definition) is 5. The Hall–Kier alpha value is -3.78. The maximum atomic E-state index is 13.2. The summed E-state index contributed by atoms with van der Waals surface area (Å²) in [4.78, 5) is 29.9. The number of aromatic nitrogens is 3. The number of hydrogen-bond donors (Lipinski definition) is 1. The van der Waals surface area contributed by atoms with Gasteiger partial charge in [-0.1, -0.05) is 41.9 Å². The molecule has 0 unspecified atom stereocenters. The molecule has 0 saturated heterocycles. The van der Waals surface area contributed by atoms with Gasteiger partial charge >= 0.3 is 5.97 Å². The van der Waals surface area contributed by atoms with Crippen molar-refractivity contribution in [2.24, 2.45) is 0 Å². The van der Waals surface area contributed by atoms with Gasteiger partial charge in [-0.15, -0.1) is 0 Å². The summed E-state index contributed by atoms with van der Waals surface area (Å²) >= 11 is 5.92. The van der Waals surface area contributed by atoms with Crippen molar-refractivity contribution in [3.63, 3.8) is 0 Å². The first-order valence-corrected chi connectivity index (χ1v) is 10.6. The summed E-state index contributed by atoms with van der Waals surface area (Å²) in [6.07, 6.45) is 1.56. The lowest BCUT2D eigenvalue weighted by atomic mass is 10.1. The van der Waals surface area contributed by atoms with Gasteiger partial charge in [0.2, 0.25) is 0 Å². The van der Waals surface area contributed by atoms with Crippen LogP contribution in [0, 0.1) is 5.82 Å². The highest BCUT2D eigenvalue weighted by Crippen LogP contribution is 2.27. The van der Waals surface area contributed by atoms with Crippen LogP contribution in [0.25, 0.3) is 22.3 Å². The molecule has 33 heavy (non-hydrogen) atoms. The number of ether oxygens (including phenoxy) is 1. The molecule has 4 aromatic rings. The lowest BCUT2D eigenvalue weighted by Crippen LogP contribution is -2.21. The predicted molar refractivity (Wildman–Crippen MR) is 124 cm³/mol. The first kappa shape index (κ1) is 22.4. The average molecular weight is 467 g/mol. The van der Waals surface area contributed by atoms with Crippen LogP contribution in [-0.4, -0.2) is 33.2 Å². The van der Waals surface area contributed by atoms with Crippen molar-refractivity contribution in [1.29, 1.82) is 0 Å². The van der Waals surface area contributed by atoms with E-state index in [9.17, 15) is 14.0 Å². The fourth-order valence-electron chi connectivity index (χ4n) is 3.31. The highest BCUT2D eigenvalue weighted by Gasteiger charge is 2.20. The maximum absolute atomic E-state index is 13.2. The van der Waals surface area contributed by atoms with Gasteiger partial charge in [-0.05, 0) is 38.1 Å². The quantitative estimate of drug-likeness (QED) is 0.391. The van der Waals surface area contributed by atoms with Crippen LogP contribution in [0.1, 0.15) is 30.2 Å². The number of fused-ring (bicyclic) bond motifs is 1. The average Bonchev–Trinajstić information content (AvgIpc) is 3.24. The molecule has 0 spiro atoms. The van der Waals surface area contributed by atoms with E-state index in [1.807, 2.05) is 44.2 Å². The third-order valence-electron chi connectivity index (χ3n) is 4.88. The Bertz CT molecular complexity index is 1340. The molecule has 2 aromatic heterocycles. The van der Waals surface area contributed by atoms with E-state index in [0.29, 0.717) is 16.7 Å². The molecule has 2 heterocycles. The van der Waals surface area contributed by atoms with E-state index >= 15 is 0 Å². The van der Waals surface area contributed by atoms with Gasteiger partial charge in [-0.25, -0.2) is 18.9 Å². The van der Waals surface area contributed by atoms with Crippen LogP contribution < -0.4 is 5.32 Å². The Morgan fingerprint density at radius 2 is 1.91 bits per heavy atom. The van der Waals surface area contributed by atoms with Crippen molar-refractivity contribution < 1.29 is 18.7 Å². The summed E-state index contributed by atoms with van der Waals surface area (Å²) in [6.45, 7) is 3.38. The van der Waals surface area contributed by atoms with Gasteiger partial charge in [0.1, 0.15) is 5.82 Å². The Labute approximate surface area is 194 Å².